The Morgan fingerprint density at radius 2 is 1.44 bits per heavy atom. The molecule has 9 unspecified atom stereocenters. The van der Waals surface area contributed by atoms with Crippen LogP contribution in [0.5, 0.6) is 0 Å². The number of hydrogen-bond donors (Lipinski definition) is 0. The van der Waals surface area contributed by atoms with Crippen LogP contribution in [0.3, 0.4) is 0 Å². The Morgan fingerprint density at radius 1 is 0.907 bits per heavy atom. The largest absolute Gasteiger partial charge is 0.299 e. The molecule has 1 heteroatoms. The predicted molar refractivity (Wildman–Crippen MR) is 198 cm³/mol. The van der Waals surface area contributed by atoms with Gasteiger partial charge in [0.1, 0.15) is 5.78 Å². The van der Waals surface area contributed by atoms with Gasteiger partial charge in [-0.25, -0.2) is 0 Å². The second-order valence-electron chi connectivity index (χ2n) is 15.2. The Morgan fingerprint density at radius 3 is 1.91 bits per heavy atom. The van der Waals surface area contributed by atoms with Gasteiger partial charge in [0.2, 0.25) is 0 Å². The highest BCUT2D eigenvalue weighted by Gasteiger charge is 2.63. The highest BCUT2D eigenvalue weighted by Crippen LogP contribution is 2.67. The van der Waals surface area contributed by atoms with Crippen molar-refractivity contribution in [2.45, 2.75) is 189 Å². The van der Waals surface area contributed by atoms with Crippen LogP contribution in [0.25, 0.3) is 0 Å². The number of hydrogen-bond acceptors (Lipinski definition) is 1. The van der Waals surface area contributed by atoms with Gasteiger partial charge in [0.05, 0.1) is 0 Å². The zero-order valence-corrected chi connectivity index (χ0v) is 33.3. The third-order valence-corrected chi connectivity index (χ3v) is 11.7. The van der Waals surface area contributed by atoms with E-state index in [0.717, 1.165) is 18.3 Å². The van der Waals surface area contributed by atoms with Crippen LogP contribution in [0.15, 0.2) is 11.6 Å². The fourth-order valence-corrected chi connectivity index (χ4v) is 9.28. The van der Waals surface area contributed by atoms with Crippen molar-refractivity contribution in [1.29, 1.82) is 0 Å². The molecule has 0 aromatic rings. The van der Waals surface area contributed by atoms with Crippen LogP contribution >= 0.6 is 0 Å². The molecule has 1 nitrogen and oxygen atoms in total. The van der Waals surface area contributed by atoms with E-state index in [-0.39, 0.29) is 0 Å². The maximum absolute atomic E-state index is 14.1. The van der Waals surface area contributed by atoms with Crippen molar-refractivity contribution in [3.05, 3.63) is 11.6 Å². The van der Waals surface area contributed by atoms with Crippen molar-refractivity contribution >= 4 is 5.78 Å². The standard InChI is InChI=1S/C33H58O.C3H8.3C2H6/c1-11-23(6)14-16-32(9)25(8)15-17-33(10)28-13-12-26(31(28)29(34)20-30(32)33)27(22(4)5)19-24(7)18-21(2)3;1-3-2;3*1-2/h18,22-28,30-31H,11-17,19-20H2,1-10H3;3H2,1-2H3;3*1-2H3/t23?,24-,25?,26?,27?,28?,30?,31?,32?,33?;;;;/m1..../s1. The van der Waals surface area contributed by atoms with E-state index in [2.05, 4.69) is 89.2 Å². The summed E-state index contributed by atoms with van der Waals surface area (Å²) in [6, 6.07) is 0. The van der Waals surface area contributed by atoms with Crippen LogP contribution < -0.4 is 0 Å². The minimum atomic E-state index is 0.324. The highest BCUT2D eigenvalue weighted by atomic mass is 16.1. The Labute approximate surface area is 274 Å². The van der Waals surface area contributed by atoms with Gasteiger partial charge in [-0.05, 0) is 111 Å². The van der Waals surface area contributed by atoms with Crippen LogP contribution in [0.2, 0.25) is 0 Å². The first-order valence-electron chi connectivity index (χ1n) is 19.4. The molecular weight excluding hydrogens is 520 g/mol. The molecule has 43 heavy (non-hydrogen) atoms. The minimum absolute atomic E-state index is 0.324. The summed E-state index contributed by atoms with van der Waals surface area (Å²) in [4.78, 5) is 14.1. The molecule has 3 saturated carbocycles. The Hall–Kier alpha value is -0.590. The lowest BCUT2D eigenvalue weighted by Crippen LogP contribution is -2.57. The Balaban J connectivity index is 0. The van der Waals surface area contributed by atoms with Gasteiger partial charge in [-0.2, -0.15) is 0 Å². The monoisotopic (exact) mass is 605 g/mol. The molecule has 0 heterocycles. The molecule has 0 aromatic heterocycles. The zero-order chi connectivity index (χ0) is 34.1. The van der Waals surface area contributed by atoms with Crippen molar-refractivity contribution in [1.82, 2.24) is 0 Å². The number of allylic oxidation sites excluding steroid dienone is 2. The average molecular weight is 605 g/mol. The van der Waals surface area contributed by atoms with E-state index in [1.165, 1.54) is 63.4 Å². The lowest BCUT2D eigenvalue weighted by atomic mass is 9.42. The molecular formula is C42H84O. The van der Waals surface area contributed by atoms with Crippen molar-refractivity contribution in [2.24, 2.45) is 64.1 Å². The first-order chi connectivity index (χ1) is 20.3. The van der Waals surface area contributed by atoms with Gasteiger partial charge >= 0.3 is 0 Å². The van der Waals surface area contributed by atoms with E-state index in [1.54, 1.807) is 0 Å². The molecule has 0 bridgehead atoms. The summed E-state index contributed by atoms with van der Waals surface area (Å²) in [6.07, 6.45) is 15.0. The number of carbonyl (C=O) groups is 1. The van der Waals surface area contributed by atoms with Crippen molar-refractivity contribution < 1.29 is 4.79 Å². The van der Waals surface area contributed by atoms with Crippen LogP contribution in [-0.4, -0.2) is 5.78 Å². The molecule has 0 radical (unpaired) electrons. The minimum Gasteiger partial charge on any atom is -0.299 e. The van der Waals surface area contributed by atoms with Gasteiger partial charge in [0.25, 0.3) is 0 Å². The third kappa shape index (κ3) is 11.6. The summed E-state index contributed by atoms with van der Waals surface area (Å²) >= 11 is 0. The molecule has 0 amide bonds. The summed E-state index contributed by atoms with van der Waals surface area (Å²) in [6.45, 7) is 40.4. The normalized spacial score (nSPS) is 32.8. The molecule has 10 atom stereocenters. The van der Waals surface area contributed by atoms with Gasteiger partial charge in [0, 0.05) is 12.3 Å². The summed E-state index contributed by atoms with van der Waals surface area (Å²) in [7, 11) is 0. The zero-order valence-electron chi connectivity index (χ0n) is 33.3. The molecule has 3 fully saturated rings. The average Bonchev–Trinajstić information content (AvgIpc) is 3.44. The number of rotatable bonds is 9. The van der Waals surface area contributed by atoms with E-state index in [9.17, 15) is 4.79 Å². The van der Waals surface area contributed by atoms with E-state index >= 15 is 0 Å². The highest BCUT2D eigenvalue weighted by molar-refractivity contribution is 5.83. The second kappa shape index (κ2) is 22.0. The van der Waals surface area contributed by atoms with Crippen LogP contribution in [0.1, 0.15) is 189 Å². The van der Waals surface area contributed by atoms with Gasteiger partial charge < -0.3 is 0 Å². The van der Waals surface area contributed by atoms with E-state index < -0.39 is 0 Å². The topological polar surface area (TPSA) is 17.1 Å². The fraction of sp³-hybridized carbons (Fsp3) is 0.929. The van der Waals surface area contributed by atoms with Gasteiger partial charge in [-0.1, -0.05) is 142 Å². The SMILES string of the molecule is CC.CC.CC.CCC.CCC(C)CCC1(C)C(C)CCC2(C)C3CCC(C(C[C@H](C)C=C(C)C)C(C)C)C3C(=O)CC12. The maximum Gasteiger partial charge on any atom is 0.136 e. The smallest absolute Gasteiger partial charge is 0.136 e. The first-order valence-corrected chi connectivity index (χ1v) is 19.4. The molecule has 0 spiro atoms. The lowest BCUT2D eigenvalue weighted by molar-refractivity contribution is -0.159. The molecule has 0 aliphatic heterocycles. The predicted octanol–water partition coefficient (Wildman–Crippen LogP) is 14.2. The van der Waals surface area contributed by atoms with Crippen molar-refractivity contribution in [2.75, 3.05) is 0 Å². The molecule has 3 aliphatic rings. The Kier molecular flexibility index (Phi) is 22.8. The molecule has 0 aromatic carbocycles. The molecule has 3 rings (SSSR count). The lowest BCUT2D eigenvalue weighted by Gasteiger charge is -2.61. The quantitative estimate of drug-likeness (QED) is 0.239. The summed E-state index contributed by atoms with van der Waals surface area (Å²) in [5.74, 6) is 6.28. The fourth-order valence-electron chi connectivity index (χ4n) is 9.28. The first kappa shape index (κ1) is 44.5. The number of fused-ring (bicyclic) bond motifs is 3. The van der Waals surface area contributed by atoms with Gasteiger partial charge in [0.15, 0.2) is 0 Å². The molecule has 0 saturated heterocycles. The van der Waals surface area contributed by atoms with E-state index in [0.29, 0.717) is 58.0 Å². The van der Waals surface area contributed by atoms with Crippen LogP contribution in [0.4, 0.5) is 0 Å². The van der Waals surface area contributed by atoms with Crippen molar-refractivity contribution in [3.8, 4) is 0 Å². The van der Waals surface area contributed by atoms with Crippen LogP contribution in [-0.2, 0) is 4.79 Å². The van der Waals surface area contributed by atoms with E-state index in [1.807, 2.05) is 41.5 Å². The summed E-state index contributed by atoms with van der Waals surface area (Å²) < 4.78 is 0. The van der Waals surface area contributed by atoms with E-state index in [4.69, 9.17) is 0 Å². The van der Waals surface area contributed by atoms with Crippen LogP contribution in [0, 0.1) is 64.1 Å². The third-order valence-electron chi connectivity index (χ3n) is 11.7. The molecule has 3 aliphatic carbocycles. The maximum atomic E-state index is 14.1. The van der Waals surface area contributed by atoms with Gasteiger partial charge in [-0.3, -0.25) is 4.79 Å². The van der Waals surface area contributed by atoms with Gasteiger partial charge in [-0.15, -0.1) is 0 Å². The summed E-state index contributed by atoms with van der Waals surface area (Å²) in [5.41, 5.74) is 2.11. The molecule has 258 valence electrons. The number of carbonyl (C=O) groups excluding carboxylic acids is 1. The Bertz CT molecular complexity index is 744. The van der Waals surface area contributed by atoms with Crippen molar-refractivity contribution in [3.63, 3.8) is 0 Å². The second-order valence-corrected chi connectivity index (χ2v) is 15.2. The number of Topliss-reactive ketones (excluding diaryl/α,β-unsaturated/α-hetero) is 1. The molecule has 0 N–H and O–H groups in total. The number of ketones is 1. The summed E-state index contributed by atoms with van der Waals surface area (Å²) in [5, 5.41) is 0.